The summed E-state index contributed by atoms with van der Waals surface area (Å²) in [4.78, 5) is 13.2. The molecule has 5 nitrogen and oxygen atoms in total. The zero-order chi connectivity index (χ0) is 11.2. The highest BCUT2D eigenvalue weighted by atomic mass is 16.2. The van der Waals surface area contributed by atoms with Gasteiger partial charge in [-0.25, -0.2) is 0 Å². The minimum atomic E-state index is -0.128. The second-order valence-electron chi connectivity index (χ2n) is 4.15. The predicted octanol–water partition coefficient (Wildman–Crippen LogP) is -0.0410. The van der Waals surface area contributed by atoms with Crippen molar-refractivity contribution in [1.82, 2.24) is 14.7 Å². The molecule has 2 heterocycles. The molecule has 15 heavy (non-hydrogen) atoms. The van der Waals surface area contributed by atoms with Crippen LogP contribution in [0.4, 0.5) is 0 Å². The van der Waals surface area contributed by atoms with E-state index in [1.807, 2.05) is 14.0 Å². The van der Waals surface area contributed by atoms with E-state index in [2.05, 4.69) is 5.10 Å². The fraction of sp³-hybridized carbons (Fsp3) is 0.600. The number of hydrogen-bond acceptors (Lipinski definition) is 3. The monoisotopic (exact) mass is 208 g/mol. The smallest absolute Gasteiger partial charge is 0.224 e. The summed E-state index contributed by atoms with van der Waals surface area (Å²) < 4.78 is 1.80. The number of rotatable bonds is 1. The van der Waals surface area contributed by atoms with E-state index in [0.29, 0.717) is 6.42 Å². The van der Waals surface area contributed by atoms with Gasteiger partial charge in [0.1, 0.15) is 0 Å². The second kappa shape index (κ2) is 3.34. The van der Waals surface area contributed by atoms with E-state index in [1.54, 1.807) is 22.8 Å². The maximum absolute atomic E-state index is 11.5. The van der Waals surface area contributed by atoms with Crippen LogP contribution in [-0.4, -0.2) is 33.7 Å². The van der Waals surface area contributed by atoms with Crippen LogP contribution < -0.4 is 5.73 Å². The van der Waals surface area contributed by atoms with Gasteiger partial charge in [0.15, 0.2) is 0 Å². The molecule has 2 atom stereocenters. The Kier molecular flexibility index (Phi) is 2.26. The molecule has 82 valence electrons. The Hall–Kier alpha value is -1.36. The first kappa shape index (κ1) is 10.2. The van der Waals surface area contributed by atoms with Gasteiger partial charge < -0.3 is 10.6 Å². The Morgan fingerprint density at radius 1 is 1.53 bits per heavy atom. The van der Waals surface area contributed by atoms with Crippen molar-refractivity contribution in [2.24, 2.45) is 12.8 Å². The molecule has 1 amide bonds. The number of hydrogen-bond donors (Lipinski definition) is 1. The second-order valence-corrected chi connectivity index (χ2v) is 4.15. The van der Waals surface area contributed by atoms with Crippen molar-refractivity contribution in [2.45, 2.75) is 25.4 Å². The molecule has 2 rings (SSSR count). The van der Waals surface area contributed by atoms with Gasteiger partial charge in [-0.15, -0.1) is 0 Å². The Morgan fingerprint density at radius 2 is 2.20 bits per heavy atom. The minimum absolute atomic E-state index is 0.0370. The fourth-order valence-corrected chi connectivity index (χ4v) is 2.27. The largest absolute Gasteiger partial charge is 0.336 e. The Balaban J connectivity index is 2.43. The first-order valence-electron chi connectivity index (χ1n) is 5.02. The summed E-state index contributed by atoms with van der Waals surface area (Å²) in [7, 11) is 3.68. The van der Waals surface area contributed by atoms with Crippen LogP contribution in [0.1, 0.15) is 23.7 Å². The van der Waals surface area contributed by atoms with Gasteiger partial charge in [0.25, 0.3) is 0 Å². The van der Waals surface area contributed by atoms with Gasteiger partial charge in [-0.2, -0.15) is 5.10 Å². The minimum Gasteiger partial charge on any atom is -0.336 e. The van der Waals surface area contributed by atoms with Crippen LogP contribution >= 0.6 is 0 Å². The molecule has 2 N–H and O–H groups in total. The Bertz CT molecular complexity index is 379. The maximum Gasteiger partial charge on any atom is 0.224 e. The van der Waals surface area contributed by atoms with Crippen LogP contribution in [0.2, 0.25) is 0 Å². The van der Waals surface area contributed by atoms with Crippen molar-refractivity contribution in [3.8, 4) is 0 Å². The third-order valence-corrected chi connectivity index (χ3v) is 3.08. The van der Waals surface area contributed by atoms with Crippen LogP contribution in [0.15, 0.2) is 6.20 Å². The van der Waals surface area contributed by atoms with E-state index in [-0.39, 0.29) is 18.0 Å². The lowest BCUT2D eigenvalue weighted by Gasteiger charge is -2.23. The van der Waals surface area contributed by atoms with Crippen LogP contribution in [0.25, 0.3) is 0 Å². The standard InChI is InChI=1S/C10H16N4O/c1-6-5-12-14(3)9(6)10-7(11)4-8(15)13(10)2/h5,7,10H,4,11H2,1-3H3/t7-,10-/m1/s1. The van der Waals surface area contributed by atoms with Crippen molar-refractivity contribution < 1.29 is 4.79 Å². The molecule has 1 aliphatic rings. The van der Waals surface area contributed by atoms with Gasteiger partial charge in [0.05, 0.1) is 17.9 Å². The lowest BCUT2D eigenvalue weighted by atomic mass is 10.0. The first-order valence-corrected chi connectivity index (χ1v) is 5.02. The normalized spacial score (nSPS) is 26.4. The molecule has 0 bridgehead atoms. The van der Waals surface area contributed by atoms with Crippen LogP contribution in [0, 0.1) is 6.92 Å². The van der Waals surface area contributed by atoms with Gasteiger partial charge in [0.2, 0.25) is 5.91 Å². The molecule has 0 saturated carbocycles. The molecule has 0 aliphatic carbocycles. The number of carbonyl (C=O) groups is 1. The summed E-state index contributed by atoms with van der Waals surface area (Å²) in [6, 6.07) is -0.165. The highest BCUT2D eigenvalue weighted by molar-refractivity contribution is 5.80. The molecule has 1 fully saturated rings. The molecular weight excluding hydrogens is 192 g/mol. The average molecular weight is 208 g/mol. The van der Waals surface area contributed by atoms with Gasteiger partial charge in [-0.1, -0.05) is 0 Å². The lowest BCUT2D eigenvalue weighted by molar-refractivity contribution is -0.127. The van der Waals surface area contributed by atoms with E-state index in [4.69, 9.17) is 5.73 Å². The van der Waals surface area contributed by atoms with Crippen molar-refractivity contribution in [1.29, 1.82) is 0 Å². The Morgan fingerprint density at radius 3 is 2.60 bits per heavy atom. The van der Waals surface area contributed by atoms with Crippen molar-refractivity contribution in [3.05, 3.63) is 17.5 Å². The molecule has 0 radical (unpaired) electrons. The van der Waals surface area contributed by atoms with Crippen LogP contribution in [0.3, 0.4) is 0 Å². The third-order valence-electron chi connectivity index (χ3n) is 3.08. The van der Waals surface area contributed by atoms with E-state index >= 15 is 0 Å². The van der Waals surface area contributed by atoms with Crippen molar-refractivity contribution in [3.63, 3.8) is 0 Å². The van der Waals surface area contributed by atoms with E-state index in [1.165, 1.54) is 0 Å². The molecule has 0 aromatic carbocycles. The fourth-order valence-electron chi connectivity index (χ4n) is 2.27. The van der Waals surface area contributed by atoms with Crippen molar-refractivity contribution >= 4 is 5.91 Å². The average Bonchev–Trinajstić information content (AvgIpc) is 2.59. The Labute approximate surface area is 88.8 Å². The molecule has 5 heteroatoms. The highest BCUT2D eigenvalue weighted by Gasteiger charge is 2.38. The zero-order valence-corrected chi connectivity index (χ0v) is 9.27. The molecule has 0 spiro atoms. The third kappa shape index (κ3) is 1.43. The number of nitrogens with zero attached hydrogens (tertiary/aromatic N) is 3. The van der Waals surface area contributed by atoms with E-state index < -0.39 is 0 Å². The lowest BCUT2D eigenvalue weighted by Crippen LogP contribution is -2.32. The number of likely N-dealkylation sites (N-methyl/N-ethyl adjacent to an activating group) is 1. The summed E-state index contributed by atoms with van der Waals surface area (Å²) in [6.07, 6.45) is 2.23. The van der Waals surface area contributed by atoms with Gasteiger partial charge in [-0.05, 0) is 12.5 Å². The first-order chi connectivity index (χ1) is 7.02. The van der Waals surface area contributed by atoms with Gasteiger partial charge >= 0.3 is 0 Å². The summed E-state index contributed by atoms with van der Waals surface area (Å²) in [5.41, 5.74) is 8.11. The number of carbonyl (C=O) groups excluding carboxylic acids is 1. The quantitative estimate of drug-likeness (QED) is 0.704. The van der Waals surface area contributed by atoms with E-state index in [0.717, 1.165) is 11.3 Å². The number of nitrogens with two attached hydrogens (primary N) is 1. The molecule has 1 aromatic heterocycles. The van der Waals surface area contributed by atoms with E-state index in [9.17, 15) is 4.79 Å². The number of likely N-dealkylation sites (tertiary alicyclic amines) is 1. The molecule has 1 aromatic rings. The number of aryl methyl sites for hydroxylation is 2. The summed E-state index contributed by atoms with van der Waals surface area (Å²) in [5, 5.41) is 4.18. The maximum atomic E-state index is 11.5. The highest BCUT2D eigenvalue weighted by Crippen LogP contribution is 2.31. The summed E-state index contributed by atoms with van der Waals surface area (Å²) >= 11 is 0. The van der Waals surface area contributed by atoms with Gasteiger partial charge in [-0.3, -0.25) is 9.48 Å². The number of aromatic nitrogens is 2. The summed E-state index contributed by atoms with van der Waals surface area (Å²) in [6.45, 7) is 1.99. The SMILES string of the molecule is Cc1cnn(C)c1[C@H]1[C@H](N)CC(=O)N1C. The van der Waals surface area contributed by atoms with Crippen LogP contribution in [-0.2, 0) is 11.8 Å². The molecule has 1 saturated heterocycles. The molecule has 1 aliphatic heterocycles. The van der Waals surface area contributed by atoms with Crippen molar-refractivity contribution in [2.75, 3.05) is 7.05 Å². The topological polar surface area (TPSA) is 64.2 Å². The van der Waals surface area contributed by atoms with Gasteiger partial charge in [0, 0.05) is 26.6 Å². The van der Waals surface area contributed by atoms with Crippen LogP contribution in [0.5, 0.6) is 0 Å². The summed E-state index contributed by atoms with van der Waals surface area (Å²) in [5.74, 6) is 0.105. The number of amides is 1. The molecule has 0 unspecified atom stereocenters. The predicted molar refractivity (Wildman–Crippen MR) is 56.0 cm³/mol. The molecular formula is C10H16N4O. The zero-order valence-electron chi connectivity index (χ0n) is 9.27.